The monoisotopic (exact) mass is 184 g/mol. The summed E-state index contributed by atoms with van der Waals surface area (Å²) in [6, 6.07) is 0.590. The van der Waals surface area contributed by atoms with Crippen LogP contribution in [0.25, 0.3) is 0 Å². The zero-order valence-electron chi connectivity index (χ0n) is 7.95. The van der Waals surface area contributed by atoms with Crippen molar-refractivity contribution in [2.75, 3.05) is 26.7 Å². The molecular formula is C9H16N2O2. The zero-order chi connectivity index (χ0) is 9.26. The van der Waals surface area contributed by atoms with E-state index < -0.39 is 0 Å². The van der Waals surface area contributed by atoms with Gasteiger partial charge in [-0.1, -0.05) is 0 Å². The fourth-order valence-corrected chi connectivity index (χ4v) is 2.12. The van der Waals surface area contributed by atoms with Gasteiger partial charge in [-0.3, -0.25) is 9.69 Å². The Bertz CT molecular complexity index is 208. The number of carbonyl (C=O) groups excluding carboxylic acids is 1. The zero-order valence-corrected chi connectivity index (χ0v) is 7.95. The molecule has 0 aromatic rings. The van der Waals surface area contributed by atoms with Gasteiger partial charge in [-0.15, -0.1) is 0 Å². The van der Waals surface area contributed by atoms with Crippen molar-refractivity contribution in [3.05, 3.63) is 0 Å². The molecule has 2 aliphatic heterocycles. The number of hydrogen-bond donors (Lipinski definition) is 1. The maximum atomic E-state index is 11.3. The number of likely N-dealkylation sites (N-methyl/N-ethyl adjacent to an activating group) is 1. The van der Waals surface area contributed by atoms with E-state index in [4.69, 9.17) is 4.74 Å². The van der Waals surface area contributed by atoms with Crippen molar-refractivity contribution in [2.45, 2.75) is 24.9 Å². The maximum Gasteiger partial charge on any atom is 0.323 e. The molecule has 1 N–H and O–H groups in total. The number of hydrogen-bond acceptors (Lipinski definition) is 4. The van der Waals surface area contributed by atoms with Gasteiger partial charge in [0.15, 0.2) is 0 Å². The van der Waals surface area contributed by atoms with E-state index in [2.05, 4.69) is 10.2 Å². The highest BCUT2D eigenvalue weighted by molar-refractivity contribution is 5.77. The van der Waals surface area contributed by atoms with Crippen LogP contribution in [-0.4, -0.2) is 49.7 Å². The molecule has 0 amide bonds. The topological polar surface area (TPSA) is 41.6 Å². The molecule has 0 aliphatic carbocycles. The Morgan fingerprint density at radius 1 is 1.54 bits per heavy atom. The van der Waals surface area contributed by atoms with Crippen molar-refractivity contribution in [3.8, 4) is 0 Å². The third kappa shape index (κ3) is 1.69. The molecule has 2 saturated heterocycles. The van der Waals surface area contributed by atoms with E-state index in [1.165, 1.54) is 0 Å². The summed E-state index contributed by atoms with van der Waals surface area (Å²) >= 11 is 0. The van der Waals surface area contributed by atoms with E-state index in [-0.39, 0.29) is 12.0 Å². The lowest BCUT2D eigenvalue weighted by Crippen LogP contribution is -2.39. The van der Waals surface area contributed by atoms with Crippen LogP contribution in [0.4, 0.5) is 0 Å². The van der Waals surface area contributed by atoms with Crippen LogP contribution in [0.15, 0.2) is 0 Å². The first kappa shape index (κ1) is 8.97. The van der Waals surface area contributed by atoms with Crippen LogP contribution in [0.3, 0.4) is 0 Å². The van der Waals surface area contributed by atoms with E-state index in [9.17, 15) is 4.79 Å². The molecule has 2 aliphatic rings. The van der Waals surface area contributed by atoms with Crippen molar-refractivity contribution in [1.29, 1.82) is 0 Å². The lowest BCUT2D eigenvalue weighted by Gasteiger charge is -2.19. The second-order valence-electron chi connectivity index (χ2n) is 3.74. The van der Waals surface area contributed by atoms with Crippen LogP contribution < -0.4 is 5.32 Å². The number of likely N-dealkylation sites (tertiary alicyclic amines) is 1. The Kier molecular flexibility index (Phi) is 2.51. The van der Waals surface area contributed by atoms with Gasteiger partial charge in [-0.25, -0.2) is 0 Å². The second kappa shape index (κ2) is 3.64. The predicted octanol–water partition coefficient (Wildman–Crippen LogP) is -0.404. The van der Waals surface area contributed by atoms with Gasteiger partial charge < -0.3 is 10.1 Å². The van der Waals surface area contributed by atoms with Gasteiger partial charge in [0.25, 0.3) is 0 Å². The quantitative estimate of drug-likeness (QED) is 0.593. The van der Waals surface area contributed by atoms with E-state index in [1.54, 1.807) is 0 Å². The third-order valence-electron chi connectivity index (χ3n) is 2.98. The van der Waals surface area contributed by atoms with Crippen LogP contribution in [0.5, 0.6) is 0 Å². The SMILES string of the molecule is CNC1CCN(C2CCOC2=O)C1. The Hall–Kier alpha value is -0.610. The Balaban J connectivity index is 1.91. The molecule has 0 aromatic carbocycles. The smallest absolute Gasteiger partial charge is 0.323 e. The maximum absolute atomic E-state index is 11.3. The summed E-state index contributed by atoms with van der Waals surface area (Å²) in [5.41, 5.74) is 0. The Morgan fingerprint density at radius 2 is 2.38 bits per heavy atom. The highest BCUT2D eigenvalue weighted by atomic mass is 16.5. The third-order valence-corrected chi connectivity index (χ3v) is 2.98. The van der Waals surface area contributed by atoms with Crippen LogP contribution in [0, 0.1) is 0 Å². The number of nitrogens with zero attached hydrogens (tertiary/aromatic N) is 1. The van der Waals surface area contributed by atoms with E-state index in [1.807, 2.05) is 7.05 Å². The summed E-state index contributed by atoms with van der Waals surface area (Å²) in [6.07, 6.45) is 2.01. The highest BCUT2D eigenvalue weighted by Crippen LogP contribution is 2.19. The molecule has 13 heavy (non-hydrogen) atoms. The number of ether oxygens (including phenoxy) is 1. The fourth-order valence-electron chi connectivity index (χ4n) is 2.12. The fraction of sp³-hybridized carbons (Fsp3) is 0.889. The average molecular weight is 184 g/mol. The van der Waals surface area contributed by atoms with Gasteiger partial charge in [0.1, 0.15) is 6.04 Å². The number of nitrogens with one attached hydrogen (secondary N) is 1. The number of cyclic esters (lactones) is 1. The molecule has 2 rings (SSSR count). The number of esters is 1. The molecule has 4 nitrogen and oxygen atoms in total. The molecule has 0 radical (unpaired) electrons. The minimum atomic E-state index is -0.0308. The molecule has 0 aromatic heterocycles. The molecule has 4 heteroatoms. The predicted molar refractivity (Wildman–Crippen MR) is 48.4 cm³/mol. The van der Waals surface area contributed by atoms with E-state index in [0.29, 0.717) is 12.6 Å². The minimum absolute atomic E-state index is 0.0308. The van der Waals surface area contributed by atoms with Gasteiger partial charge in [0.2, 0.25) is 0 Å². The molecule has 0 saturated carbocycles. The summed E-state index contributed by atoms with van der Waals surface area (Å²) in [7, 11) is 1.97. The first-order chi connectivity index (χ1) is 6.31. The van der Waals surface area contributed by atoms with Gasteiger partial charge >= 0.3 is 5.97 Å². The standard InChI is InChI=1S/C9H16N2O2/c1-10-7-2-4-11(6-7)8-3-5-13-9(8)12/h7-8,10H,2-6H2,1H3. The lowest BCUT2D eigenvalue weighted by atomic mass is 10.2. The van der Waals surface area contributed by atoms with Crippen molar-refractivity contribution < 1.29 is 9.53 Å². The van der Waals surface area contributed by atoms with Crippen molar-refractivity contribution in [1.82, 2.24) is 10.2 Å². The summed E-state index contributed by atoms with van der Waals surface area (Å²) in [6.45, 7) is 2.60. The van der Waals surface area contributed by atoms with E-state index in [0.717, 1.165) is 25.9 Å². The molecule has 2 heterocycles. The average Bonchev–Trinajstić information content (AvgIpc) is 2.71. The Morgan fingerprint density at radius 3 is 2.92 bits per heavy atom. The highest BCUT2D eigenvalue weighted by Gasteiger charge is 2.35. The van der Waals surface area contributed by atoms with Gasteiger partial charge in [-0.05, 0) is 13.5 Å². The second-order valence-corrected chi connectivity index (χ2v) is 3.74. The summed E-state index contributed by atoms with van der Waals surface area (Å²) < 4.78 is 4.95. The minimum Gasteiger partial charge on any atom is -0.464 e. The molecule has 0 spiro atoms. The normalized spacial score (nSPS) is 35.3. The van der Waals surface area contributed by atoms with Crippen molar-refractivity contribution >= 4 is 5.97 Å². The molecular weight excluding hydrogens is 168 g/mol. The summed E-state index contributed by atoms with van der Waals surface area (Å²) in [5.74, 6) is -0.0308. The van der Waals surface area contributed by atoms with Gasteiger partial charge in [0, 0.05) is 25.6 Å². The van der Waals surface area contributed by atoms with Gasteiger partial charge in [-0.2, -0.15) is 0 Å². The van der Waals surface area contributed by atoms with Crippen LogP contribution in [0.2, 0.25) is 0 Å². The Labute approximate surface area is 78.2 Å². The van der Waals surface area contributed by atoms with Crippen LogP contribution in [0.1, 0.15) is 12.8 Å². The molecule has 2 unspecified atom stereocenters. The van der Waals surface area contributed by atoms with Crippen LogP contribution >= 0.6 is 0 Å². The first-order valence-electron chi connectivity index (χ1n) is 4.89. The molecule has 2 atom stereocenters. The number of rotatable bonds is 2. The molecule has 2 fully saturated rings. The van der Waals surface area contributed by atoms with Crippen molar-refractivity contribution in [2.24, 2.45) is 0 Å². The molecule has 0 bridgehead atoms. The summed E-state index contributed by atoms with van der Waals surface area (Å²) in [5, 5.41) is 3.24. The molecule has 74 valence electrons. The number of carbonyl (C=O) groups is 1. The largest absolute Gasteiger partial charge is 0.464 e. The lowest BCUT2D eigenvalue weighted by molar-refractivity contribution is -0.142. The van der Waals surface area contributed by atoms with Gasteiger partial charge in [0.05, 0.1) is 6.61 Å². The first-order valence-corrected chi connectivity index (χ1v) is 4.89. The van der Waals surface area contributed by atoms with E-state index >= 15 is 0 Å². The van der Waals surface area contributed by atoms with Crippen LogP contribution in [-0.2, 0) is 9.53 Å². The van der Waals surface area contributed by atoms with Crippen molar-refractivity contribution in [3.63, 3.8) is 0 Å². The summed E-state index contributed by atoms with van der Waals surface area (Å²) in [4.78, 5) is 13.5.